The third kappa shape index (κ3) is 2.81. The first-order valence-electron chi connectivity index (χ1n) is 6.64. The van der Waals surface area contributed by atoms with Crippen LogP contribution in [0.3, 0.4) is 0 Å². The van der Waals surface area contributed by atoms with Crippen LogP contribution in [0.5, 0.6) is 17.2 Å². The first-order valence-corrected chi connectivity index (χ1v) is 6.64. The highest BCUT2D eigenvalue weighted by Gasteiger charge is 2.31. The molecular formula is C15H20O5. The zero-order valence-electron chi connectivity index (χ0n) is 12.1. The fourth-order valence-corrected chi connectivity index (χ4v) is 2.42. The maximum absolute atomic E-state index is 11.0. The molecule has 20 heavy (non-hydrogen) atoms. The van der Waals surface area contributed by atoms with Crippen LogP contribution in [0.4, 0.5) is 0 Å². The van der Waals surface area contributed by atoms with E-state index in [-0.39, 0.29) is 6.42 Å². The molecule has 5 heteroatoms. The number of methoxy groups -OCH3 is 1. The molecule has 1 aromatic carbocycles. The van der Waals surface area contributed by atoms with Gasteiger partial charge < -0.3 is 19.3 Å². The Morgan fingerprint density at radius 1 is 1.35 bits per heavy atom. The van der Waals surface area contributed by atoms with Crippen molar-refractivity contribution >= 4 is 5.97 Å². The molecule has 0 saturated heterocycles. The van der Waals surface area contributed by atoms with Crippen molar-refractivity contribution in [3.8, 4) is 17.2 Å². The van der Waals surface area contributed by atoms with E-state index in [0.29, 0.717) is 30.5 Å². The van der Waals surface area contributed by atoms with Crippen LogP contribution in [-0.2, 0) is 10.2 Å². The molecule has 2 rings (SSSR count). The van der Waals surface area contributed by atoms with Crippen molar-refractivity contribution in [2.45, 2.75) is 32.1 Å². The molecule has 0 unspecified atom stereocenters. The van der Waals surface area contributed by atoms with Gasteiger partial charge in [0.25, 0.3) is 0 Å². The Morgan fingerprint density at radius 2 is 2.05 bits per heavy atom. The normalized spacial score (nSPS) is 14.6. The van der Waals surface area contributed by atoms with Crippen LogP contribution in [0, 0.1) is 0 Å². The lowest BCUT2D eigenvalue weighted by Gasteiger charge is -2.27. The average Bonchev–Trinajstić information content (AvgIpc) is 2.60. The molecular weight excluding hydrogens is 260 g/mol. The first-order chi connectivity index (χ1) is 9.45. The second kappa shape index (κ2) is 5.61. The molecule has 0 aliphatic carbocycles. The van der Waals surface area contributed by atoms with Gasteiger partial charge >= 0.3 is 5.97 Å². The number of hydrogen-bond donors (Lipinski definition) is 1. The van der Waals surface area contributed by atoms with Gasteiger partial charge in [0.15, 0.2) is 11.5 Å². The van der Waals surface area contributed by atoms with Gasteiger partial charge in [-0.15, -0.1) is 0 Å². The van der Waals surface area contributed by atoms with E-state index in [9.17, 15) is 4.79 Å². The number of carbonyl (C=O) groups is 1. The number of carboxylic acids is 1. The standard InChI is InChI=1S/C15H20O5/c1-15(2,9-12(16)17)10-5-6-11-14(13(10)18-3)20-8-4-7-19-11/h5-6H,4,7-9H2,1-3H3,(H,16,17). The van der Waals surface area contributed by atoms with Crippen LogP contribution in [0.15, 0.2) is 12.1 Å². The predicted octanol–water partition coefficient (Wildman–Crippen LogP) is 2.61. The molecule has 0 fully saturated rings. The van der Waals surface area contributed by atoms with Gasteiger partial charge in [0.05, 0.1) is 26.7 Å². The Morgan fingerprint density at radius 3 is 2.70 bits per heavy atom. The van der Waals surface area contributed by atoms with Crippen LogP contribution < -0.4 is 14.2 Å². The number of rotatable bonds is 4. The molecule has 0 saturated carbocycles. The van der Waals surface area contributed by atoms with Gasteiger partial charge in [0, 0.05) is 17.4 Å². The summed E-state index contributed by atoms with van der Waals surface area (Å²) >= 11 is 0. The summed E-state index contributed by atoms with van der Waals surface area (Å²) in [5.41, 5.74) is 0.258. The summed E-state index contributed by atoms with van der Waals surface area (Å²) in [6.07, 6.45) is 0.828. The minimum Gasteiger partial charge on any atom is -0.492 e. The van der Waals surface area contributed by atoms with E-state index in [0.717, 1.165) is 12.0 Å². The van der Waals surface area contributed by atoms with Crippen molar-refractivity contribution in [1.82, 2.24) is 0 Å². The molecule has 110 valence electrons. The van der Waals surface area contributed by atoms with Crippen LogP contribution in [0.1, 0.15) is 32.3 Å². The van der Waals surface area contributed by atoms with Gasteiger partial charge in [-0.25, -0.2) is 0 Å². The molecule has 0 atom stereocenters. The van der Waals surface area contributed by atoms with Gasteiger partial charge in [-0.3, -0.25) is 4.79 Å². The number of ether oxygens (including phenoxy) is 3. The quantitative estimate of drug-likeness (QED) is 0.918. The van der Waals surface area contributed by atoms with Crippen molar-refractivity contribution in [2.75, 3.05) is 20.3 Å². The molecule has 0 amide bonds. The molecule has 1 heterocycles. The second-order valence-electron chi connectivity index (χ2n) is 5.48. The lowest BCUT2D eigenvalue weighted by molar-refractivity contribution is -0.138. The first kappa shape index (κ1) is 14.5. The smallest absolute Gasteiger partial charge is 0.304 e. The number of hydrogen-bond acceptors (Lipinski definition) is 4. The van der Waals surface area contributed by atoms with Gasteiger partial charge in [-0.05, 0) is 6.07 Å². The fraction of sp³-hybridized carbons (Fsp3) is 0.533. The van der Waals surface area contributed by atoms with Crippen molar-refractivity contribution in [1.29, 1.82) is 0 Å². The zero-order valence-corrected chi connectivity index (χ0v) is 12.1. The van der Waals surface area contributed by atoms with Gasteiger partial charge in [-0.1, -0.05) is 19.9 Å². The summed E-state index contributed by atoms with van der Waals surface area (Å²) in [5, 5.41) is 9.06. The van der Waals surface area contributed by atoms with E-state index in [1.807, 2.05) is 26.0 Å². The SMILES string of the molecule is COc1c(C(C)(C)CC(=O)O)ccc2c1OCCCO2. The summed E-state index contributed by atoms with van der Waals surface area (Å²) in [4.78, 5) is 11.0. The number of carboxylic acid groups (broad SMARTS) is 1. The van der Waals surface area contributed by atoms with Crippen molar-refractivity contribution in [2.24, 2.45) is 0 Å². The van der Waals surface area contributed by atoms with Crippen LogP contribution >= 0.6 is 0 Å². The monoisotopic (exact) mass is 280 g/mol. The number of aliphatic carboxylic acids is 1. The Kier molecular flexibility index (Phi) is 4.06. The molecule has 0 bridgehead atoms. The molecule has 1 aromatic rings. The summed E-state index contributed by atoms with van der Waals surface area (Å²) in [7, 11) is 1.56. The van der Waals surface area contributed by atoms with E-state index in [1.54, 1.807) is 7.11 Å². The van der Waals surface area contributed by atoms with Gasteiger partial charge in [-0.2, -0.15) is 0 Å². The van der Waals surface area contributed by atoms with E-state index in [4.69, 9.17) is 19.3 Å². The topological polar surface area (TPSA) is 65.0 Å². The summed E-state index contributed by atoms with van der Waals surface area (Å²) in [6, 6.07) is 3.68. The zero-order chi connectivity index (χ0) is 14.8. The van der Waals surface area contributed by atoms with E-state index >= 15 is 0 Å². The third-order valence-electron chi connectivity index (χ3n) is 3.40. The number of benzene rings is 1. The maximum Gasteiger partial charge on any atom is 0.304 e. The maximum atomic E-state index is 11.0. The van der Waals surface area contributed by atoms with Crippen molar-refractivity contribution in [3.63, 3.8) is 0 Å². The molecule has 1 aliphatic rings. The van der Waals surface area contributed by atoms with Crippen molar-refractivity contribution in [3.05, 3.63) is 17.7 Å². The predicted molar refractivity (Wildman–Crippen MR) is 73.9 cm³/mol. The summed E-state index contributed by atoms with van der Waals surface area (Å²) < 4.78 is 16.8. The molecule has 0 spiro atoms. The van der Waals surface area contributed by atoms with E-state index in [1.165, 1.54) is 0 Å². The Balaban J connectivity index is 2.49. The molecule has 0 aromatic heterocycles. The van der Waals surface area contributed by atoms with Crippen LogP contribution in [0.2, 0.25) is 0 Å². The fourth-order valence-electron chi connectivity index (χ4n) is 2.42. The molecule has 1 aliphatic heterocycles. The largest absolute Gasteiger partial charge is 0.492 e. The molecule has 5 nitrogen and oxygen atoms in total. The van der Waals surface area contributed by atoms with Crippen molar-refractivity contribution < 1.29 is 24.1 Å². The highest BCUT2D eigenvalue weighted by Crippen LogP contribution is 2.46. The van der Waals surface area contributed by atoms with Crippen LogP contribution in [0.25, 0.3) is 0 Å². The van der Waals surface area contributed by atoms with Gasteiger partial charge in [0.1, 0.15) is 0 Å². The van der Waals surface area contributed by atoms with Crippen LogP contribution in [-0.4, -0.2) is 31.4 Å². The molecule has 1 N–H and O–H groups in total. The average molecular weight is 280 g/mol. The minimum absolute atomic E-state index is 0.0169. The third-order valence-corrected chi connectivity index (χ3v) is 3.40. The minimum atomic E-state index is -0.843. The highest BCUT2D eigenvalue weighted by atomic mass is 16.5. The second-order valence-corrected chi connectivity index (χ2v) is 5.48. The van der Waals surface area contributed by atoms with Gasteiger partial charge in [0.2, 0.25) is 5.75 Å². The van der Waals surface area contributed by atoms with E-state index < -0.39 is 11.4 Å². The number of fused-ring (bicyclic) bond motifs is 1. The summed E-state index contributed by atoms with van der Waals surface area (Å²) in [5.74, 6) is 0.940. The lowest BCUT2D eigenvalue weighted by atomic mass is 9.81. The Hall–Kier alpha value is -1.91. The Bertz CT molecular complexity index is 507. The summed E-state index contributed by atoms with van der Waals surface area (Å²) in [6.45, 7) is 4.92. The highest BCUT2D eigenvalue weighted by molar-refractivity contribution is 5.70. The Labute approximate surface area is 118 Å². The molecule has 0 radical (unpaired) electrons. The lowest BCUT2D eigenvalue weighted by Crippen LogP contribution is -2.22. The van der Waals surface area contributed by atoms with E-state index in [2.05, 4.69) is 0 Å².